The van der Waals surface area contributed by atoms with E-state index in [-0.39, 0.29) is 25.1 Å². The van der Waals surface area contributed by atoms with Gasteiger partial charge in [-0.25, -0.2) is 14.4 Å². The van der Waals surface area contributed by atoms with Crippen molar-refractivity contribution in [2.24, 2.45) is 0 Å². The first-order chi connectivity index (χ1) is 18.8. The molecule has 0 spiro atoms. The zero-order chi connectivity index (χ0) is 28.4. The zero-order valence-corrected chi connectivity index (χ0v) is 22.9. The van der Waals surface area contributed by atoms with E-state index in [4.69, 9.17) is 4.74 Å². The quantitative estimate of drug-likeness (QED) is 0.395. The van der Waals surface area contributed by atoms with Gasteiger partial charge >= 0.3 is 0 Å². The highest BCUT2D eigenvalue weighted by atomic mass is 19.1. The number of benzene rings is 2. The van der Waals surface area contributed by atoms with Gasteiger partial charge in [-0.15, -0.1) is 0 Å². The molecule has 1 N–H and O–H groups in total. The number of carbonyl (C=O) groups is 2. The van der Waals surface area contributed by atoms with Crippen LogP contribution in [-0.2, 0) is 4.79 Å². The van der Waals surface area contributed by atoms with Gasteiger partial charge in [0.15, 0.2) is 0 Å². The number of rotatable bonds is 8. The summed E-state index contributed by atoms with van der Waals surface area (Å²) in [5.74, 6) is -0.110. The summed E-state index contributed by atoms with van der Waals surface area (Å²) < 4.78 is 20.8. The number of anilines is 1. The maximum Gasteiger partial charge on any atom is 0.255 e. The zero-order valence-electron chi connectivity index (χ0n) is 22.9. The van der Waals surface area contributed by atoms with Crippen LogP contribution in [0.15, 0.2) is 73.8 Å². The fraction of sp³-hybridized carbons (Fsp3) is 0.333. The number of hydrogen-bond acceptors (Lipinski definition) is 6. The summed E-state index contributed by atoms with van der Waals surface area (Å²) in [5.41, 5.74) is 2.22. The minimum atomic E-state index is -0.454. The van der Waals surface area contributed by atoms with Crippen LogP contribution in [0.4, 0.5) is 10.1 Å². The molecule has 1 aliphatic rings. The van der Waals surface area contributed by atoms with Gasteiger partial charge in [-0.1, -0.05) is 32.6 Å². The molecule has 1 saturated heterocycles. The van der Waals surface area contributed by atoms with Gasteiger partial charge in [0.05, 0.1) is 18.1 Å². The van der Waals surface area contributed by atoms with E-state index >= 15 is 0 Å². The number of hydrogen-bond donors (Lipinski definition) is 1. The number of amides is 2. The maximum atomic E-state index is 14.4. The summed E-state index contributed by atoms with van der Waals surface area (Å²) >= 11 is 0. The Kier molecular flexibility index (Phi) is 10.7. The molecule has 39 heavy (non-hydrogen) atoms. The van der Waals surface area contributed by atoms with Crippen LogP contribution in [-0.4, -0.2) is 63.8 Å². The minimum Gasteiger partial charge on any atom is -0.484 e. The first-order valence-corrected chi connectivity index (χ1v) is 13.1. The number of piperazine rings is 1. The minimum absolute atomic E-state index is 0. The van der Waals surface area contributed by atoms with Crippen molar-refractivity contribution in [3.05, 3.63) is 96.3 Å². The summed E-state index contributed by atoms with van der Waals surface area (Å²) in [6.07, 6.45) is 5.30. The number of ether oxygens (including phenoxy) is 1. The summed E-state index contributed by atoms with van der Waals surface area (Å²) in [6.45, 7) is 13.7. The number of nitrogens with zero attached hydrogens (tertiary/aromatic N) is 4. The lowest BCUT2D eigenvalue weighted by Crippen LogP contribution is -2.54. The molecule has 2 amide bonds. The third-order valence-electron chi connectivity index (χ3n) is 6.37. The van der Waals surface area contributed by atoms with Crippen molar-refractivity contribution in [1.82, 2.24) is 19.8 Å². The van der Waals surface area contributed by atoms with E-state index < -0.39 is 6.10 Å². The number of carbonyl (C=O) groups excluding carboxylic acids is 2. The van der Waals surface area contributed by atoms with E-state index in [0.717, 1.165) is 0 Å². The molecule has 9 heteroatoms. The molecule has 208 valence electrons. The first-order valence-electron chi connectivity index (χ1n) is 13.1. The largest absolute Gasteiger partial charge is 0.484 e. The maximum absolute atomic E-state index is 14.4. The Morgan fingerprint density at radius 1 is 1.18 bits per heavy atom. The molecule has 8 nitrogen and oxygen atoms in total. The van der Waals surface area contributed by atoms with E-state index in [9.17, 15) is 14.0 Å². The standard InChI is InChI=1S/C28H30FN5O3.C2H6.H2/c1-4-27(35)34-12-11-33(16-20(34)3)17-26(22-6-5-19(2)25(29)13-22)37-24-9-7-21(8-10-24)28(36)32-23-14-30-18-31-15-23;1-2;/h4-10,13-15,18,20,26H,1,11-12,16-17H2,2-3H3,(H,32,36);1-2H3;1H/t20-,26+;;/m1../s1. The second-order valence-electron chi connectivity index (χ2n) is 9.07. The van der Waals surface area contributed by atoms with Gasteiger partial charge in [0, 0.05) is 39.2 Å². The SMILES string of the molecule is C=CC(=O)N1CCN(C[C@H](Oc2ccc(C(=O)Nc3cncnc3)cc2)c2ccc(C)c(F)c2)C[C@H]1C.CC.[HH]. The molecule has 2 atom stereocenters. The van der Waals surface area contributed by atoms with Gasteiger partial charge in [-0.2, -0.15) is 0 Å². The van der Waals surface area contributed by atoms with E-state index in [1.165, 1.54) is 30.9 Å². The van der Waals surface area contributed by atoms with Crippen molar-refractivity contribution >= 4 is 17.5 Å². The van der Waals surface area contributed by atoms with Crippen molar-refractivity contribution in [3.8, 4) is 5.75 Å². The predicted octanol–water partition coefficient (Wildman–Crippen LogP) is 5.29. The van der Waals surface area contributed by atoms with Gasteiger partial charge in [0.2, 0.25) is 5.91 Å². The van der Waals surface area contributed by atoms with E-state index in [2.05, 4.69) is 26.8 Å². The molecular weight excluding hydrogens is 497 g/mol. The van der Waals surface area contributed by atoms with Crippen LogP contribution in [0, 0.1) is 12.7 Å². The number of aromatic nitrogens is 2. The summed E-state index contributed by atoms with van der Waals surface area (Å²) in [6, 6.07) is 11.9. The second-order valence-corrected chi connectivity index (χ2v) is 9.07. The predicted molar refractivity (Wildman–Crippen MR) is 152 cm³/mol. The second kappa shape index (κ2) is 14.2. The van der Waals surface area contributed by atoms with Crippen molar-refractivity contribution in [1.29, 1.82) is 0 Å². The summed E-state index contributed by atoms with van der Waals surface area (Å²) in [5, 5.41) is 2.74. The van der Waals surface area contributed by atoms with Gasteiger partial charge in [0.25, 0.3) is 5.91 Å². The lowest BCUT2D eigenvalue weighted by Gasteiger charge is -2.40. The van der Waals surface area contributed by atoms with Crippen LogP contribution in [0.2, 0.25) is 0 Å². The molecular formula is C30H38FN5O3. The molecule has 0 radical (unpaired) electrons. The number of aryl methyl sites for hydroxylation is 1. The fourth-order valence-electron chi connectivity index (χ4n) is 4.31. The third kappa shape index (κ3) is 7.94. The van der Waals surface area contributed by atoms with Gasteiger partial charge < -0.3 is 15.0 Å². The Bertz CT molecular complexity index is 1260. The summed E-state index contributed by atoms with van der Waals surface area (Å²) in [7, 11) is 0. The number of halogens is 1. The molecule has 1 aliphatic heterocycles. The smallest absolute Gasteiger partial charge is 0.255 e. The lowest BCUT2D eigenvalue weighted by molar-refractivity contribution is -0.130. The molecule has 0 aliphatic carbocycles. The average molecular weight is 536 g/mol. The van der Waals surface area contributed by atoms with Crippen LogP contribution in [0.5, 0.6) is 5.75 Å². The van der Waals surface area contributed by atoms with E-state index in [1.807, 2.05) is 26.8 Å². The first kappa shape index (κ1) is 29.4. The molecule has 0 bridgehead atoms. The molecule has 1 aromatic heterocycles. The van der Waals surface area contributed by atoms with Crippen LogP contribution < -0.4 is 10.1 Å². The molecule has 0 saturated carbocycles. The Balaban J connectivity index is 0.00000183. The average Bonchev–Trinajstić information content (AvgIpc) is 2.96. The highest BCUT2D eigenvalue weighted by molar-refractivity contribution is 6.04. The fourth-order valence-corrected chi connectivity index (χ4v) is 4.31. The van der Waals surface area contributed by atoms with Crippen molar-refractivity contribution in [3.63, 3.8) is 0 Å². The third-order valence-corrected chi connectivity index (χ3v) is 6.37. The van der Waals surface area contributed by atoms with Crippen LogP contribution in [0.25, 0.3) is 0 Å². The summed E-state index contributed by atoms with van der Waals surface area (Å²) in [4.78, 5) is 36.4. The molecule has 2 heterocycles. The van der Waals surface area contributed by atoms with Crippen LogP contribution in [0.1, 0.15) is 49.8 Å². The Labute approximate surface area is 231 Å². The van der Waals surface area contributed by atoms with Gasteiger partial charge in [0.1, 0.15) is 24.0 Å². The monoisotopic (exact) mass is 535 g/mol. The Hall–Kier alpha value is -4.11. The van der Waals surface area contributed by atoms with Crippen molar-refractivity contribution in [2.45, 2.75) is 39.8 Å². The van der Waals surface area contributed by atoms with Gasteiger partial charge in [-0.3, -0.25) is 14.5 Å². The van der Waals surface area contributed by atoms with Crippen molar-refractivity contribution in [2.75, 3.05) is 31.5 Å². The van der Waals surface area contributed by atoms with Crippen LogP contribution >= 0.6 is 0 Å². The van der Waals surface area contributed by atoms with Gasteiger partial charge in [-0.05, 0) is 61.4 Å². The highest BCUT2D eigenvalue weighted by Crippen LogP contribution is 2.26. The van der Waals surface area contributed by atoms with E-state index in [0.29, 0.717) is 54.3 Å². The normalized spacial score (nSPS) is 15.9. The Morgan fingerprint density at radius 3 is 2.49 bits per heavy atom. The molecule has 2 aromatic carbocycles. The molecule has 4 rings (SSSR count). The lowest BCUT2D eigenvalue weighted by atomic mass is 10.0. The van der Waals surface area contributed by atoms with Crippen LogP contribution in [0.3, 0.4) is 0 Å². The highest BCUT2D eigenvalue weighted by Gasteiger charge is 2.28. The Morgan fingerprint density at radius 2 is 1.87 bits per heavy atom. The number of nitrogens with one attached hydrogen (secondary N) is 1. The topological polar surface area (TPSA) is 87.7 Å². The molecule has 1 fully saturated rings. The molecule has 3 aromatic rings. The van der Waals surface area contributed by atoms with Crippen molar-refractivity contribution < 1.29 is 20.1 Å². The molecule has 0 unspecified atom stereocenters. The van der Waals surface area contributed by atoms with E-state index in [1.54, 1.807) is 42.2 Å².